The lowest BCUT2D eigenvalue weighted by atomic mass is 10.2. The van der Waals surface area contributed by atoms with Crippen molar-refractivity contribution < 1.29 is 18.0 Å². The molecule has 1 aliphatic heterocycles. The van der Waals surface area contributed by atoms with E-state index in [-0.39, 0.29) is 35.9 Å². The molecule has 8 heteroatoms. The second-order valence-electron chi connectivity index (χ2n) is 5.79. The molecule has 2 amide bonds. The highest BCUT2D eigenvalue weighted by Gasteiger charge is 2.33. The van der Waals surface area contributed by atoms with Crippen LogP contribution in [0, 0.1) is 0 Å². The molecule has 0 N–H and O–H groups in total. The predicted octanol–water partition coefficient (Wildman–Crippen LogP) is 0.0756. The SMILES string of the molecule is CC(=O)N(CC(=O)N(C)C1CCS(=O)(=O)C1)Cc1ccncc1. The number of hydrogen-bond donors (Lipinski definition) is 0. The molecule has 0 radical (unpaired) electrons. The van der Waals surface area contributed by atoms with Gasteiger partial charge in [-0.1, -0.05) is 0 Å². The molecule has 23 heavy (non-hydrogen) atoms. The molecular weight excluding hydrogens is 318 g/mol. The van der Waals surface area contributed by atoms with Crippen molar-refractivity contribution >= 4 is 21.7 Å². The molecule has 1 aliphatic rings. The van der Waals surface area contributed by atoms with Gasteiger partial charge in [-0.2, -0.15) is 0 Å². The first-order valence-corrected chi connectivity index (χ1v) is 9.21. The number of amides is 2. The maximum absolute atomic E-state index is 12.4. The average Bonchev–Trinajstić information content (AvgIpc) is 2.86. The highest BCUT2D eigenvalue weighted by atomic mass is 32.2. The van der Waals surface area contributed by atoms with Crippen LogP contribution in [0.5, 0.6) is 0 Å². The van der Waals surface area contributed by atoms with Crippen molar-refractivity contribution in [1.82, 2.24) is 14.8 Å². The number of carbonyl (C=O) groups is 2. The third-order valence-electron chi connectivity index (χ3n) is 4.04. The van der Waals surface area contributed by atoms with Crippen LogP contribution >= 0.6 is 0 Å². The predicted molar refractivity (Wildman–Crippen MR) is 85.2 cm³/mol. The Bertz CT molecular complexity index is 675. The van der Waals surface area contributed by atoms with Crippen molar-refractivity contribution in [3.8, 4) is 0 Å². The summed E-state index contributed by atoms with van der Waals surface area (Å²) in [5, 5.41) is 0. The lowest BCUT2D eigenvalue weighted by molar-refractivity contribution is -0.140. The maximum atomic E-state index is 12.4. The Morgan fingerprint density at radius 1 is 1.30 bits per heavy atom. The summed E-state index contributed by atoms with van der Waals surface area (Å²) in [7, 11) is -1.45. The van der Waals surface area contributed by atoms with Gasteiger partial charge in [0.25, 0.3) is 0 Å². The summed E-state index contributed by atoms with van der Waals surface area (Å²) in [6.45, 7) is 1.67. The van der Waals surface area contributed by atoms with Crippen molar-refractivity contribution in [3.63, 3.8) is 0 Å². The molecule has 0 aliphatic carbocycles. The molecule has 2 heterocycles. The van der Waals surface area contributed by atoms with Gasteiger partial charge in [-0.3, -0.25) is 14.6 Å². The fraction of sp³-hybridized carbons (Fsp3) is 0.533. The number of rotatable bonds is 5. The normalized spacial score (nSPS) is 19.3. The summed E-state index contributed by atoms with van der Waals surface area (Å²) in [5.41, 5.74) is 0.883. The van der Waals surface area contributed by atoms with Crippen LogP contribution in [0.3, 0.4) is 0 Å². The lowest BCUT2D eigenvalue weighted by Crippen LogP contribution is -2.44. The minimum absolute atomic E-state index is 0.000331. The first-order chi connectivity index (χ1) is 10.8. The fourth-order valence-corrected chi connectivity index (χ4v) is 4.32. The molecule has 1 unspecified atom stereocenters. The molecule has 1 aromatic heterocycles. The van der Waals surface area contributed by atoms with E-state index in [0.717, 1.165) is 5.56 Å². The van der Waals surface area contributed by atoms with Gasteiger partial charge in [0.05, 0.1) is 11.5 Å². The zero-order chi connectivity index (χ0) is 17.0. The van der Waals surface area contributed by atoms with Crippen molar-refractivity contribution in [2.24, 2.45) is 0 Å². The lowest BCUT2D eigenvalue weighted by Gasteiger charge is -2.27. The topological polar surface area (TPSA) is 87.7 Å². The summed E-state index contributed by atoms with van der Waals surface area (Å²) in [6.07, 6.45) is 3.71. The zero-order valence-electron chi connectivity index (χ0n) is 13.3. The number of hydrogen-bond acceptors (Lipinski definition) is 5. The second kappa shape index (κ2) is 7.08. The Morgan fingerprint density at radius 2 is 1.96 bits per heavy atom. The van der Waals surface area contributed by atoms with Crippen LogP contribution in [0.4, 0.5) is 0 Å². The van der Waals surface area contributed by atoms with Gasteiger partial charge in [-0.05, 0) is 24.1 Å². The average molecular weight is 339 g/mol. The zero-order valence-corrected chi connectivity index (χ0v) is 14.1. The Morgan fingerprint density at radius 3 is 2.48 bits per heavy atom. The number of nitrogens with zero attached hydrogens (tertiary/aromatic N) is 3. The third-order valence-corrected chi connectivity index (χ3v) is 5.79. The van der Waals surface area contributed by atoms with Crippen LogP contribution in [-0.4, -0.2) is 66.2 Å². The number of likely N-dealkylation sites (N-methyl/N-ethyl adjacent to an activating group) is 1. The molecule has 0 saturated carbocycles. The van der Waals surface area contributed by atoms with Gasteiger partial charge >= 0.3 is 0 Å². The summed E-state index contributed by atoms with van der Waals surface area (Å²) in [5.74, 6) is -0.346. The molecular formula is C15H21N3O4S. The molecule has 7 nitrogen and oxygen atoms in total. The minimum atomic E-state index is -3.05. The fourth-order valence-electron chi connectivity index (χ4n) is 2.55. The van der Waals surface area contributed by atoms with Gasteiger partial charge in [0, 0.05) is 39.0 Å². The van der Waals surface area contributed by atoms with E-state index in [4.69, 9.17) is 0 Å². The van der Waals surface area contributed by atoms with Crippen molar-refractivity contribution in [2.75, 3.05) is 25.1 Å². The molecule has 126 valence electrons. The minimum Gasteiger partial charge on any atom is -0.340 e. The number of pyridine rings is 1. The third kappa shape index (κ3) is 4.75. The molecule has 1 saturated heterocycles. The van der Waals surface area contributed by atoms with Crippen LogP contribution in [0.25, 0.3) is 0 Å². The maximum Gasteiger partial charge on any atom is 0.242 e. The van der Waals surface area contributed by atoms with Crippen molar-refractivity contribution in [1.29, 1.82) is 0 Å². The van der Waals surface area contributed by atoms with E-state index in [0.29, 0.717) is 13.0 Å². The smallest absolute Gasteiger partial charge is 0.242 e. The molecule has 2 rings (SSSR count). The summed E-state index contributed by atoms with van der Waals surface area (Å²) < 4.78 is 23.1. The Labute approximate surface area is 136 Å². The van der Waals surface area contributed by atoms with Crippen LogP contribution in [0.2, 0.25) is 0 Å². The molecule has 0 bridgehead atoms. The van der Waals surface area contributed by atoms with E-state index >= 15 is 0 Å². The van der Waals surface area contributed by atoms with E-state index in [2.05, 4.69) is 4.98 Å². The molecule has 1 aromatic rings. The van der Waals surface area contributed by atoms with Gasteiger partial charge in [-0.25, -0.2) is 8.42 Å². The summed E-state index contributed by atoms with van der Waals surface area (Å²) in [6, 6.07) is 3.27. The van der Waals surface area contributed by atoms with E-state index in [1.165, 1.54) is 16.7 Å². The van der Waals surface area contributed by atoms with Crippen molar-refractivity contribution in [3.05, 3.63) is 30.1 Å². The monoisotopic (exact) mass is 339 g/mol. The van der Waals surface area contributed by atoms with E-state index in [9.17, 15) is 18.0 Å². The van der Waals surface area contributed by atoms with E-state index in [1.807, 2.05) is 0 Å². The van der Waals surface area contributed by atoms with E-state index in [1.54, 1.807) is 31.6 Å². The Hall–Kier alpha value is -1.96. The van der Waals surface area contributed by atoms with Crippen LogP contribution in [0.15, 0.2) is 24.5 Å². The molecule has 1 fully saturated rings. The largest absolute Gasteiger partial charge is 0.340 e. The Balaban J connectivity index is 1.99. The van der Waals surface area contributed by atoms with Crippen LogP contribution in [0.1, 0.15) is 18.9 Å². The van der Waals surface area contributed by atoms with Crippen LogP contribution in [-0.2, 0) is 26.0 Å². The standard InChI is InChI=1S/C15H21N3O4S/c1-12(19)18(9-13-3-6-16-7-4-13)10-15(20)17(2)14-5-8-23(21,22)11-14/h3-4,6-7,14H,5,8-11H2,1-2H3. The van der Waals surface area contributed by atoms with Gasteiger partial charge < -0.3 is 9.80 Å². The molecule has 0 aromatic carbocycles. The molecule has 1 atom stereocenters. The number of aromatic nitrogens is 1. The van der Waals surface area contributed by atoms with Gasteiger partial charge in [0.2, 0.25) is 11.8 Å². The quantitative estimate of drug-likeness (QED) is 0.758. The highest BCUT2D eigenvalue weighted by Crippen LogP contribution is 2.17. The van der Waals surface area contributed by atoms with Crippen LogP contribution < -0.4 is 0 Å². The summed E-state index contributed by atoms with van der Waals surface area (Å²) in [4.78, 5) is 31.0. The Kier molecular flexibility index (Phi) is 5.35. The van der Waals surface area contributed by atoms with Gasteiger partial charge in [-0.15, -0.1) is 0 Å². The van der Waals surface area contributed by atoms with Gasteiger partial charge in [0.15, 0.2) is 9.84 Å². The van der Waals surface area contributed by atoms with Gasteiger partial charge in [0.1, 0.15) is 6.54 Å². The van der Waals surface area contributed by atoms with E-state index < -0.39 is 9.84 Å². The summed E-state index contributed by atoms with van der Waals surface area (Å²) >= 11 is 0. The highest BCUT2D eigenvalue weighted by molar-refractivity contribution is 7.91. The number of carbonyl (C=O) groups excluding carboxylic acids is 2. The first kappa shape index (κ1) is 17.4. The second-order valence-corrected chi connectivity index (χ2v) is 8.02. The number of sulfone groups is 1. The first-order valence-electron chi connectivity index (χ1n) is 7.39. The van der Waals surface area contributed by atoms with Crippen molar-refractivity contribution in [2.45, 2.75) is 25.9 Å². The molecule has 0 spiro atoms.